The molecule has 1 aromatic carbocycles. The van der Waals surface area contributed by atoms with E-state index in [2.05, 4.69) is 53.4 Å². The van der Waals surface area contributed by atoms with E-state index < -0.39 is 0 Å². The van der Waals surface area contributed by atoms with Gasteiger partial charge in [-0.3, -0.25) is 0 Å². The highest BCUT2D eigenvalue weighted by Crippen LogP contribution is 2.17. The van der Waals surface area contributed by atoms with Gasteiger partial charge >= 0.3 is 0 Å². The van der Waals surface area contributed by atoms with Crippen LogP contribution in [-0.2, 0) is 6.42 Å². The van der Waals surface area contributed by atoms with E-state index in [9.17, 15) is 0 Å². The van der Waals surface area contributed by atoms with Gasteiger partial charge in [0, 0.05) is 12.4 Å². The van der Waals surface area contributed by atoms with E-state index in [1.807, 2.05) is 6.20 Å². The Kier molecular flexibility index (Phi) is 3.94. The molecule has 3 heteroatoms. The first-order chi connectivity index (χ1) is 8.31. The van der Waals surface area contributed by atoms with E-state index >= 15 is 0 Å². The number of likely N-dealkylation sites (N-methyl/N-ethyl adjacent to an activating group) is 1. The van der Waals surface area contributed by atoms with Crippen LogP contribution in [0.5, 0.6) is 0 Å². The number of hydrogen-bond acceptors (Lipinski definition) is 2. The van der Waals surface area contributed by atoms with E-state index in [0.717, 1.165) is 18.8 Å². The summed E-state index contributed by atoms with van der Waals surface area (Å²) in [5, 5.41) is 3.47. The van der Waals surface area contributed by atoms with Crippen molar-refractivity contribution in [3.8, 4) is 0 Å². The van der Waals surface area contributed by atoms with Crippen LogP contribution in [0, 0.1) is 6.92 Å². The number of rotatable bonds is 5. The lowest BCUT2D eigenvalue weighted by Crippen LogP contribution is -2.24. The molecule has 17 heavy (non-hydrogen) atoms. The van der Waals surface area contributed by atoms with Crippen molar-refractivity contribution in [2.75, 3.05) is 6.54 Å². The number of imidazole rings is 1. The molecule has 0 aliphatic carbocycles. The largest absolute Gasteiger partial charge is 0.347 e. The van der Waals surface area contributed by atoms with Gasteiger partial charge in [0.25, 0.3) is 0 Å². The van der Waals surface area contributed by atoms with Crippen molar-refractivity contribution in [1.29, 1.82) is 0 Å². The maximum absolute atomic E-state index is 4.34. The van der Waals surface area contributed by atoms with Gasteiger partial charge in [0.15, 0.2) is 0 Å². The fourth-order valence-electron chi connectivity index (χ4n) is 2.04. The van der Waals surface area contributed by atoms with Crippen LogP contribution in [0.2, 0.25) is 0 Å². The van der Waals surface area contributed by atoms with Gasteiger partial charge in [-0.1, -0.05) is 31.2 Å². The molecule has 1 heterocycles. The third-order valence-electron chi connectivity index (χ3n) is 2.99. The zero-order chi connectivity index (χ0) is 12.1. The molecule has 1 unspecified atom stereocenters. The second kappa shape index (κ2) is 5.64. The fraction of sp³-hybridized carbons (Fsp3) is 0.357. The Balaban J connectivity index is 2.16. The summed E-state index contributed by atoms with van der Waals surface area (Å²) in [5.41, 5.74) is 2.71. The molecule has 2 rings (SSSR count). The highest BCUT2D eigenvalue weighted by atomic mass is 15.0. The van der Waals surface area contributed by atoms with Crippen molar-refractivity contribution < 1.29 is 0 Å². The summed E-state index contributed by atoms with van der Waals surface area (Å²) < 4.78 is 0. The van der Waals surface area contributed by atoms with Gasteiger partial charge in [-0.05, 0) is 31.0 Å². The monoisotopic (exact) mass is 229 g/mol. The molecule has 0 radical (unpaired) electrons. The normalized spacial score (nSPS) is 12.6. The lowest BCUT2D eigenvalue weighted by molar-refractivity contribution is 0.525. The first kappa shape index (κ1) is 11.9. The number of benzene rings is 1. The van der Waals surface area contributed by atoms with Crippen LogP contribution in [0.1, 0.15) is 29.9 Å². The highest BCUT2D eigenvalue weighted by Gasteiger charge is 2.13. The van der Waals surface area contributed by atoms with Gasteiger partial charge in [0.05, 0.1) is 6.04 Å². The number of aromatic amines is 1. The average molecular weight is 229 g/mol. The Morgan fingerprint density at radius 2 is 2.18 bits per heavy atom. The average Bonchev–Trinajstić information content (AvgIpc) is 2.85. The number of H-pyrrole nitrogens is 1. The van der Waals surface area contributed by atoms with Crippen LogP contribution in [0.15, 0.2) is 36.7 Å². The zero-order valence-corrected chi connectivity index (χ0v) is 10.4. The molecule has 0 spiro atoms. The SMILES string of the molecule is CCNC(Cc1ccccc1C)c1ncc[nH]1. The Bertz CT molecular complexity index is 448. The Morgan fingerprint density at radius 3 is 2.82 bits per heavy atom. The Labute approximate surface area is 102 Å². The minimum Gasteiger partial charge on any atom is -0.347 e. The molecule has 0 fully saturated rings. The van der Waals surface area contributed by atoms with Gasteiger partial charge < -0.3 is 10.3 Å². The summed E-state index contributed by atoms with van der Waals surface area (Å²) in [4.78, 5) is 7.53. The minimum absolute atomic E-state index is 0.260. The van der Waals surface area contributed by atoms with Crippen LogP contribution in [0.4, 0.5) is 0 Å². The lowest BCUT2D eigenvalue weighted by atomic mass is 10.0. The number of aromatic nitrogens is 2. The molecular weight excluding hydrogens is 210 g/mol. The first-order valence-electron chi connectivity index (χ1n) is 6.08. The predicted molar refractivity (Wildman–Crippen MR) is 69.9 cm³/mol. The second-order valence-electron chi connectivity index (χ2n) is 4.22. The van der Waals surface area contributed by atoms with Crippen molar-refractivity contribution in [1.82, 2.24) is 15.3 Å². The zero-order valence-electron chi connectivity index (χ0n) is 10.4. The quantitative estimate of drug-likeness (QED) is 0.827. The van der Waals surface area contributed by atoms with Gasteiger partial charge in [-0.2, -0.15) is 0 Å². The number of hydrogen-bond donors (Lipinski definition) is 2. The summed E-state index contributed by atoms with van der Waals surface area (Å²) in [6.07, 6.45) is 4.64. The third kappa shape index (κ3) is 2.94. The summed E-state index contributed by atoms with van der Waals surface area (Å²) in [6, 6.07) is 8.76. The van der Waals surface area contributed by atoms with E-state index in [-0.39, 0.29) is 6.04 Å². The maximum Gasteiger partial charge on any atom is 0.123 e. The predicted octanol–water partition coefficient (Wildman–Crippen LogP) is 2.61. The molecule has 2 aromatic rings. The Morgan fingerprint density at radius 1 is 1.35 bits per heavy atom. The molecule has 0 bridgehead atoms. The maximum atomic E-state index is 4.34. The van der Waals surface area contributed by atoms with E-state index in [1.54, 1.807) is 6.20 Å². The fourth-order valence-corrected chi connectivity index (χ4v) is 2.04. The molecule has 0 amide bonds. The van der Waals surface area contributed by atoms with Crippen molar-refractivity contribution in [3.63, 3.8) is 0 Å². The molecule has 1 atom stereocenters. The standard InChI is InChI=1S/C14H19N3/c1-3-15-13(14-16-8-9-17-14)10-12-7-5-4-6-11(12)2/h4-9,13,15H,3,10H2,1-2H3,(H,16,17). The van der Waals surface area contributed by atoms with Gasteiger partial charge in [-0.15, -0.1) is 0 Å². The molecule has 0 saturated carbocycles. The van der Waals surface area contributed by atoms with Gasteiger partial charge in [0.1, 0.15) is 5.82 Å². The molecule has 1 aromatic heterocycles. The summed E-state index contributed by atoms with van der Waals surface area (Å²) in [7, 11) is 0. The summed E-state index contributed by atoms with van der Waals surface area (Å²) in [5.74, 6) is 1.01. The van der Waals surface area contributed by atoms with Gasteiger partial charge in [-0.25, -0.2) is 4.98 Å². The highest BCUT2D eigenvalue weighted by molar-refractivity contribution is 5.27. The van der Waals surface area contributed by atoms with Crippen molar-refractivity contribution >= 4 is 0 Å². The van der Waals surface area contributed by atoms with Crippen molar-refractivity contribution in [2.45, 2.75) is 26.3 Å². The molecule has 0 aliphatic heterocycles. The van der Waals surface area contributed by atoms with E-state index in [1.165, 1.54) is 11.1 Å². The first-order valence-corrected chi connectivity index (χ1v) is 6.08. The summed E-state index contributed by atoms with van der Waals surface area (Å²) in [6.45, 7) is 5.21. The topological polar surface area (TPSA) is 40.7 Å². The minimum atomic E-state index is 0.260. The van der Waals surface area contributed by atoms with Crippen LogP contribution >= 0.6 is 0 Å². The van der Waals surface area contributed by atoms with Crippen LogP contribution < -0.4 is 5.32 Å². The van der Waals surface area contributed by atoms with Crippen molar-refractivity contribution in [2.24, 2.45) is 0 Å². The van der Waals surface area contributed by atoms with Crippen LogP contribution in [0.25, 0.3) is 0 Å². The molecule has 3 nitrogen and oxygen atoms in total. The molecule has 0 saturated heterocycles. The number of aryl methyl sites for hydroxylation is 1. The number of nitrogens with one attached hydrogen (secondary N) is 2. The molecular formula is C14H19N3. The number of nitrogens with zero attached hydrogens (tertiary/aromatic N) is 1. The smallest absolute Gasteiger partial charge is 0.123 e. The van der Waals surface area contributed by atoms with Crippen molar-refractivity contribution in [3.05, 3.63) is 53.6 Å². The van der Waals surface area contributed by atoms with E-state index in [0.29, 0.717) is 0 Å². The summed E-state index contributed by atoms with van der Waals surface area (Å²) >= 11 is 0. The van der Waals surface area contributed by atoms with Crippen LogP contribution in [0.3, 0.4) is 0 Å². The lowest BCUT2D eigenvalue weighted by Gasteiger charge is -2.16. The third-order valence-corrected chi connectivity index (χ3v) is 2.99. The van der Waals surface area contributed by atoms with Gasteiger partial charge in [0.2, 0.25) is 0 Å². The second-order valence-corrected chi connectivity index (χ2v) is 4.22. The van der Waals surface area contributed by atoms with E-state index in [4.69, 9.17) is 0 Å². The van der Waals surface area contributed by atoms with Crippen LogP contribution in [-0.4, -0.2) is 16.5 Å². The molecule has 2 N–H and O–H groups in total. The molecule has 90 valence electrons. The molecule has 0 aliphatic rings. The Hall–Kier alpha value is -1.61.